The molecule has 0 amide bonds. The molecule has 0 aliphatic carbocycles. The first-order chi connectivity index (χ1) is 7.09. The standard InChI is InChI=1S/C12H23N3/c1-10(2)12-9-15(8-6-14-12)7-4-5-11(3)13/h4-5,10,12-14H,6-9H2,1-3H3/b5-4+,13-11?/t12-/m1/s1. The van der Waals surface area contributed by atoms with Gasteiger partial charge in [0.05, 0.1) is 0 Å². The SMILES string of the molecule is CC(=N)/C=C/CN1CCN[C@@H](C(C)C)C1. The van der Waals surface area contributed by atoms with Crippen LogP contribution in [0.1, 0.15) is 20.8 Å². The molecule has 0 saturated carbocycles. The zero-order chi connectivity index (χ0) is 11.3. The monoisotopic (exact) mass is 209 g/mol. The molecule has 1 aliphatic rings. The van der Waals surface area contributed by atoms with E-state index in [1.807, 2.05) is 13.0 Å². The lowest BCUT2D eigenvalue weighted by atomic mass is 10.0. The molecule has 2 N–H and O–H groups in total. The minimum absolute atomic E-state index is 0.619. The van der Waals surface area contributed by atoms with Crippen molar-refractivity contribution in [1.82, 2.24) is 10.2 Å². The van der Waals surface area contributed by atoms with Crippen molar-refractivity contribution in [3.63, 3.8) is 0 Å². The fourth-order valence-corrected chi connectivity index (χ4v) is 1.83. The van der Waals surface area contributed by atoms with Crippen LogP contribution >= 0.6 is 0 Å². The molecule has 1 fully saturated rings. The smallest absolute Gasteiger partial charge is 0.0280 e. The molecule has 86 valence electrons. The van der Waals surface area contributed by atoms with Gasteiger partial charge in [-0.05, 0) is 18.9 Å². The van der Waals surface area contributed by atoms with Crippen molar-refractivity contribution < 1.29 is 0 Å². The molecule has 1 atom stereocenters. The topological polar surface area (TPSA) is 39.1 Å². The highest BCUT2D eigenvalue weighted by atomic mass is 15.2. The average Bonchev–Trinajstić information content (AvgIpc) is 2.17. The van der Waals surface area contributed by atoms with Crippen LogP contribution in [0.5, 0.6) is 0 Å². The molecule has 0 radical (unpaired) electrons. The van der Waals surface area contributed by atoms with Gasteiger partial charge in [0.2, 0.25) is 0 Å². The van der Waals surface area contributed by atoms with E-state index in [9.17, 15) is 0 Å². The first-order valence-corrected chi connectivity index (χ1v) is 5.77. The van der Waals surface area contributed by atoms with Crippen molar-refractivity contribution >= 4 is 5.71 Å². The zero-order valence-electron chi connectivity index (χ0n) is 10.1. The Morgan fingerprint density at radius 3 is 2.93 bits per heavy atom. The van der Waals surface area contributed by atoms with E-state index in [-0.39, 0.29) is 0 Å². The van der Waals surface area contributed by atoms with Crippen LogP contribution in [0.15, 0.2) is 12.2 Å². The van der Waals surface area contributed by atoms with Gasteiger partial charge in [-0.15, -0.1) is 0 Å². The average molecular weight is 209 g/mol. The summed E-state index contributed by atoms with van der Waals surface area (Å²) in [6.45, 7) is 10.6. The van der Waals surface area contributed by atoms with Gasteiger partial charge in [0.1, 0.15) is 0 Å². The third kappa shape index (κ3) is 4.58. The summed E-state index contributed by atoms with van der Waals surface area (Å²) >= 11 is 0. The van der Waals surface area contributed by atoms with Gasteiger partial charge in [0, 0.05) is 37.9 Å². The summed E-state index contributed by atoms with van der Waals surface area (Å²) in [6.07, 6.45) is 3.97. The van der Waals surface area contributed by atoms with Crippen molar-refractivity contribution in [3.05, 3.63) is 12.2 Å². The normalized spacial score (nSPS) is 23.9. The number of hydrogen-bond donors (Lipinski definition) is 2. The van der Waals surface area contributed by atoms with Gasteiger partial charge in [-0.3, -0.25) is 4.90 Å². The molecule has 15 heavy (non-hydrogen) atoms. The highest BCUT2D eigenvalue weighted by Gasteiger charge is 2.20. The number of nitrogens with zero attached hydrogens (tertiary/aromatic N) is 1. The Balaban J connectivity index is 2.33. The molecule has 1 rings (SSSR count). The summed E-state index contributed by atoms with van der Waals surface area (Å²) in [5.41, 5.74) is 0.630. The Morgan fingerprint density at radius 1 is 1.60 bits per heavy atom. The predicted molar refractivity (Wildman–Crippen MR) is 65.6 cm³/mol. The Labute approximate surface area is 93.1 Å². The van der Waals surface area contributed by atoms with Gasteiger partial charge >= 0.3 is 0 Å². The van der Waals surface area contributed by atoms with E-state index in [0.717, 1.165) is 26.2 Å². The van der Waals surface area contributed by atoms with Crippen LogP contribution in [0.25, 0.3) is 0 Å². The molecule has 0 bridgehead atoms. The number of rotatable bonds is 4. The van der Waals surface area contributed by atoms with E-state index in [4.69, 9.17) is 5.41 Å². The van der Waals surface area contributed by atoms with E-state index in [0.29, 0.717) is 17.7 Å². The van der Waals surface area contributed by atoms with Crippen LogP contribution in [0.2, 0.25) is 0 Å². The van der Waals surface area contributed by atoms with Crippen LogP contribution < -0.4 is 5.32 Å². The maximum Gasteiger partial charge on any atom is 0.0280 e. The third-order valence-corrected chi connectivity index (χ3v) is 2.83. The van der Waals surface area contributed by atoms with Crippen LogP contribution in [0.4, 0.5) is 0 Å². The van der Waals surface area contributed by atoms with Crippen molar-refractivity contribution in [3.8, 4) is 0 Å². The van der Waals surface area contributed by atoms with Gasteiger partial charge in [0.15, 0.2) is 0 Å². The van der Waals surface area contributed by atoms with Gasteiger partial charge in [-0.1, -0.05) is 19.9 Å². The Kier molecular flexibility index (Phi) is 4.99. The van der Waals surface area contributed by atoms with Crippen molar-refractivity contribution in [2.75, 3.05) is 26.2 Å². The van der Waals surface area contributed by atoms with E-state index >= 15 is 0 Å². The Bertz CT molecular complexity index is 233. The van der Waals surface area contributed by atoms with E-state index < -0.39 is 0 Å². The minimum Gasteiger partial charge on any atom is -0.311 e. The first-order valence-electron chi connectivity index (χ1n) is 5.77. The summed E-state index contributed by atoms with van der Waals surface area (Å²) in [4.78, 5) is 2.45. The van der Waals surface area contributed by atoms with Crippen molar-refractivity contribution in [2.24, 2.45) is 5.92 Å². The predicted octanol–water partition coefficient (Wildman–Crippen LogP) is 1.51. The second-order valence-corrected chi connectivity index (χ2v) is 4.65. The number of allylic oxidation sites excluding steroid dienone is 1. The molecule has 0 unspecified atom stereocenters. The van der Waals surface area contributed by atoms with E-state index in [1.165, 1.54) is 0 Å². The Hall–Kier alpha value is -0.670. The second kappa shape index (κ2) is 6.03. The van der Waals surface area contributed by atoms with Crippen LogP contribution in [-0.2, 0) is 0 Å². The molecule has 1 saturated heterocycles. The van der Waals surface area contributed by atoms with Crippen molar-refractivity contribution in [2.45, 2.75) is 26.8 Å². The van der Waals surface area contributed by atoms with Gasteiger partial charge in [0.25, 0.3) is 0 Å². The summed E-state index contributed by atoms with van der Waals surface area (Å²) in [5.74, 6) is 0.696. The van der Waals surface area contributed by atoms with E-state index in [1.54, 1.807) is 0 Å². The van der Waals surface area contributed by atoms with Crippen LogP contribution in [-0.4, -0.2) is 42.8 Å². The maximum absolute atomic E-state index is 7.30. The summed E-state index contributed by atoms with van der Waals surface area (Å²) in [5, 5.41) is 10.8. The summed E-state index contributed by atoms with van der Waals surface area (Å²) in [7, 11) is 0. The number of hydrogen-bond acceptors (Lipinski definition) is 3. The maximum atomic E-state index is 7.30. The lowest BCUT2D eigenvalue weighted by Crippen LogP contribution is -2.52. The molecule has 0 aromatic rings. The lowest BCUT2D eigenvalue weighted by Gasteiger charge is -2.35. The Morgan fingerprint density at radius 2 is 2.33 bits per heavy atom. The summed E-state index contributed by atoms with van der Waals surface area (Å²) in [6, 6.07) is 0.619. The molecule has 1 heterocycles. The van der Waals surface area contributed by atoms with Crippen LogP contribution in [0.3, 0.4) is 0 Å². The van der Waals surface area contributed by atoms with Crippen LogP contribution in [0, 0.1) is 11.3 Å². The molecular weight excluding hydrogens is 186 g/mol. The first kappa shape index (κ1) is 12.4. The highest BCUT2D eigenvalue weighted by Crippen LogP contribution is 2.07. The number of nitrogens with one attached hydrogen (secondary N) is 2. The quantitative estimate of drug-likeness (QED) is 0.689. The molecule has 1 aliphatic heterocycles. The lowest BCUT2D eigenvalue weighted by molar-refractivity contribution is 0.190. The van der Waals surface area contributed by atoms with Gasteiger partial charge < -0.3 is 10.7 Å². The van der Waals surface area contributed by atoms with Gasteiger partial charge in [-0.25, -0.2) is 0 Å². The second-order valence-electron chi connectivity index (χ2n) is 4.65. The molecule has 3 nitrogen and oxygen atoms in total. The molecular formula is C12H23N3. The van der Waals surface area contributed by atoms with Gasteiger partial charge in [-0.2, -0.15) is 0 Å². The molecule has 0 aromatic heterocycles. The molecule has 0 aromatic carbocycles. The van der Waals surface area contributed by atoms with Crippen molar-refractivity contribution in [1.29, 1.82) is 5.41 Å². The third-order valence-electron chi connectivity index (χ3n) is 2.83. The number of piperazine rings is 1. The molecule has 3 heteroatoms. The molecule has 0 spiro atoms. The minimum atomic E-state index is 0.619. The van der Waals surface area contributed by atoms with E-state index in [2.05, 4.69) is 30.1 Å². The fourth-order valence-electron chi connectivity index (χ4n) is 1.83. The fraction of sp³-hybridized carbons (Fsp3) is 0.750. The summed E-state index contributed by atoms with van der Waals surface area (Å²) < 4.78 is 0. The zero-order valence-corrected chi connectivity index (χ0v) is 10.1. The largest absolute Gasteiger partial charge is 0.311 e. The highest BCUT2D eigenvalue weighted by molar-refractivity contribution is 5.89.